The Morgan fingerprint density at radius 3 is 2.55 bits per heavy atom. The first-order valence-corrected chi connectivity index (χ1v) is 4.09. The highest BCUT2D eigenvalue weighted by Gasteiger charge is 2.00. The molecule has 0 saturated heterocycles. The molecule has 0 aromatic heterocycles. The highest BCUT2D eigenvalue weighted by molar-refractivity contribution is 6.33. The van der Waals surface area contributed by atoms with Gasteiger partial charge < -0.3 is 4.90 Å². The summed E-state index contributed by atoms with van der Waals surface area (Å²) in [5.41, 5.74) is 1.09. The topological polar surface area (TPSA) is 3.24 Å². The Kier molecular flexibility index (Phi) is 2.77. The number of rotatable bonds is 2. The molecular formula is C9H12ClN. The van der Waals surface area contributed by atoms with E-state index in [1.54, 1.807) is 0 Å². The summed E-state index contributed by atoms with van der Waals surface area (Å²) in [5, 5.41) is 0.817. The summed E-state index contributed by atoms with van der Waals surface area (Å²) in [6.07, 6.45) is 0. The molecule has 0 radical (unpaired) electrons. The van der Waals surface area contributed by atoms with Gasteiger partial charge in [-0.25, -0.2) is 0 Å². The molecule has 0 bridgehead atoms. The Hall–Kier alpha value is -0.690. The molecule has 0 spiro atoms. The summed E-state index contributed by atoms with van der Waals surface area (Å²) in [6.45, 7) is 3.08. The lowest BCUT2D eigenvalue weighted by atomic mass is 10.3. The monoisotopic (exact) mass is 169 g/mol. The van der Waals surface area contributed by atoms with Gasteiger partial charge in [-0.1, -0.05) is 23.7 Å². The number of anilines is 1. The minimum atomic E-state index is 0.817. The van der Waals surface area contributed by atoms with E-state index in [1.807, 2.05) is 31.3 Å². The maximum atomic E-state index is 5.96. The van der Waals surface area contributed by atoms with Gasteiger partial charge in [0.25, 0.3) is 0 Å². The Balaban J connectivity index is 2.93. The molecule has 0 aliphatic rings. The van der Waals surface area contributed by atoms with Crippen LogP contribution in [0.5, 0.6) is 0 Å². The van der Waals surface area contributed by atoms with Crippen LogP contribution in [0.3, 0.4) is 0 Å². The van der Waals surface area contributed by atoms with Crippen molar-refractivity contribution in [3.8, 4) is 0 Å². The first kappa shape index (κ1) is 8.41. The van der Waals surface area contributed by atoms with Crippen molar-refractivity contribution in [2.45, 2.75) is 6.92 Å². The van der Waals surface area contributed by atoms with E-state index in [1.165, 1.54) is 0 Å². The molecule has 0 aliphatic heterocycles. The molecule has 1 aromatic rings. The average Bonchev–Trinajstić information content (AvgIpc) is 2.04. The van der Waals surface area contributed by atoms with E-state index in [0.717, 1.165) is 17.3 Å². The molecule has 0 fully saturated rings. The molecule has 11 heavy (non-hydrogen) atoms. The van der Waals surface area contributed by atoms with Crippen LogP contribution < -0.4 is 4.90 Å². The van der Waals surface area contributed by atoms with Crippen molar-refractivity contribution in [3.05, 3.63) is 29.3 Å². The van der Waals surface area contributed by atoms with Crippen molar-refractivity contribution >= 4 is 17.3 Å². The third-order valence-corrected chi connectivity index (χ3v) is 2.06. The van der Waals surface area contributed by atoms with E-state index in [0.29, 0.717) is 0 Å². The molecule has 1 nitrogen and oxygen atoms in total. The Morgan fingerprint density at radius 2 is 2.00 bits per heavy atom. The maximum absolute atomic E-state index is 5.96. The zero-order valence-corrected chi connectivity index (χ0v) is 7.60. The fraction of sp³-hybridized carbons (Fsp3) is 0.333. The first-order chi connectivity index (χ1) is 5.25. The van der Waals surface area contributed by atoms with Crippen molar-refractivity contribution < 1.29 is 0 Å². The zero-order chi connectivity index (χ0) is 8.27. The van der Waals surface area contributed by atoms with Crippen LogP contribution in [-0.4, -0.2) is 13.6 Å². The van der Waals surface area contributed by atoms with Gasteiger partial charge in [-0.3, -0.25) is 0 Å². The summed E-state index contributed by atoms with van der Waals surface area (Å²) >= 11 is 5.96. The van der Waals surface area contributed by atoms with Gasteiger partial charge in [0.15, 0.2) is 0 Å². The lowest BCUT2D eigenvalue weighted by molar-refractivity contribution is 0.968. The van der Waals surface area contributed by atoms with Gasteiger partial charge in [0.05, 0.1) is 10.7 Å². The molecule has 0 unspecified atom stereocenters. The number of benzene rings is 1. The summed E-state index contributed by atoms with van der Waals surface area (Å²) in [6, 6.07) is 7.86. The highest BCUT2D eigenvalue weighted by Crippen LogP contribution is 2.23. The minimum absolute atomic E-state index is 0.817. The van der Waals surface area contributed by atoms with Gasteiger partial charge in [0.2, 0.25) is 0 Å². The van der Waals surface area contributed by atoms with E-state index < -0.39 is 0 Å². The van der Waals surface area contributed by atoms with Gasteiger partial charge in [0, 0.05) is 13.6 Å². The van der Waals surface area contributed by atoms with E-state index in [2.05, 4.69) is 11.8 Å². The van der Waals surface area contributed by atoms with Crippen molar-refractivity contribution in [3.63, 3.8) is 0 Å². The van der Waals surface area contributed by atoms with Gasteiger partial charge in [0.1, 0.15) is 0 Å². The van der Waals surface area contributed by atoms with Crippen LogP contribution in [0.2, 0.25) is 5.02 Å². The average molecular weight is 170 g/mol. The summed E-state index contributed by atoms with van der Waals surface area (Å²) in [4.78, 5) is 2.11. The van der Waals surface area contributed by atoms with Crippen LogP contribution in [0.4, 0.5) is 5.69 Å². The maximum Gasteiger partial charge on any atom is 0.0639 e. The molecule has 0 N–H and O–H groups in total. The first-order valence-electron chi connectivity index (χ1n) is 3.71. The molecule has 0 saturated carbocycles. The number of hydrogen-bond donors (Lipinski definition) is 0. The SMILES string of the molecule is CCN(C)c1ccccc1Cl. The third kappa shape index (κ3) is 1.87. The number of nitrogens with zero attached hydrogens (tertiary/aromatic N) is 1. The zero-order valence-electron chi connectivity index (χ0n) is 6.84. The predicted octanol–water partition coefficient (Wildman–Crippen LogP) is 2.80. The van der Waals surface area contributed by atoms with Crippen LogP contribution in [0.15, 0.2) is 24.3 Å². The van der Waals surface area contributed by atoms with Gasteiger partial charge in [-0.05, 0) is 19.1 Å². The summed E-state index contributed by atoms with van der Waals surface area (Å²) in [7, 11) is 2.03. The van der Waals surface area contributed by atoms with Crippen LogP contribution in [0, 0.1) is 0 Å². The van der Waals surface area contributed by atoms with Crippen LogP contribution >= 0.6 is 11.6 Å². The van der Waals surface area contributed by atoms with Crippen LogP contribution in [0.1, 0.15) is 6.92 Å². The minimum Gasteiger partial charge on any atom is -0.374 e. The van der Waals surface area contributed by atoms with Crippen LogP contribution in [0.25, 0.3) is 0 Å². The molecule has 0 heterocycles. The quantitative estimate of drug-likeness (QED) is 0.658. The molecule has 60 valence electrons. The van der Waals surface area contributed by atoms with Crippen molar-refractivity contribution in [2.75, 3.05) is 18.5 Å². The second kappa shape index (κ2) is 3.63. The summed E-state index contributed by atoms with van der Waals surface area (Å²) < 4.78 is 0. The van der Waals surface area contributed by atoms with E-state index >= 15 is 0 Å². The van der Waals surface area contributed by atoms with Gasteiger partial charge in [-0.2, -0.15) is 0 Å². The molecule has 0 aliphatic carbocycles. The molecule has 0 atom stereocenters. The van der Waals surface area contributed by atoms with Crippen molar-refractivity contribution in [1.29, 1.82) is 0 Å². The Bertz CT molecular complexity index is 235. The standard InChI is InChI=1S/C9H12ClN/c1-3-11(2)9-7-5-4-6-8(9)10/h4-7H,3H2,1-2H3. The smallest absolute Gasteiger partial charge is 0.0639 e. The normalized spacial score (nSPS) is 9.73. The fourth-order valence-electron chi connectivity index (χ4n) is 0.932. The van der Waals surface area contributed by atoms with Gasteiger partial charge in [-0.15, -0.1) is 0 Å². The largest absolute Gasteiger partial charge is 0.374 e. The molecule has 0 amide bonds. The number of hydrogen-bond acceptors (Lipinski definition) is 1. The molecule has 2 heteroatoms. The van der Waals surface area contributed by atoms with Crippen molar-refractivity contribution in [1.82, 2.24) is 0 Å². The predicted molar refractivity (Wildman–Crippen MR) is 50.4 cm³/mol. The Labute approximate surface area is 72.6 Å². The molecule has 1 aromatic carbocycles. The lowest BCUT2D eigenvalue weighted by Crippen LogP contribution is -2.15. The van der Waals surface area contributed by atoms with E-state index in [9.17, 15) is 0 Å². The second-order valence-corrected chi connectivity index (χ2v) is 2.87. The third-order valence-electron chi connectivity index (χ3n) is 1.74. The van der Waals surface area contributed by atoms with Crippen molar-refractivity contribution in [2.24, 2.45) is 0 Å². The second-order valence-electron chi connectivity index (χ2n) is 2.47. The van der Waals surface area contributed by atoms with Gasteiger partial charge >= 0.3 is 0 Å². The number of para-hydroxylation sites is 1. The Morgan fingerprint density at radius 1 is 1.36 bits per heavy atom. The molecule has 1 rings (SSSR count). The van der Waals surface area contributed by atoms with E-state index in [-0.39, 0.29) is 0 Å². The molecular weight excluding hydrogens is 158 g/mol. The van der Waals surface area contributed by atoms with Crippen LogP contribution in [-0.2, 0) is 0 Å². The fourth-order valence-corrected chi connectivity index (χ4v) is 1.21. The summed E-state index contributed by atoms with van der Waals surface area (Å²) in [5.74, 6) is 0. The lowest BCUT2D eigenvalue weighted by Gasteiger charge is -2.17. The number of halogens is 1. The van der Waals surface area contributed by atoms with E-state index in [4.69, 9.17) is 11.6 Å². The highest BCUT2D eigenvalue weighted by atomic mass is 35.5.